The van der Waals surface area contributed by atoms with E-state index < -0.39 is 0 Å². The lowest BCUT2D eigenvalue weighted by Gasteiger charge is -2.03. The molecule has 0 bridgehead atoms. The quantitative estimate of drug-likeness (QED) is 0.604. The van der Waals surface area contributed by atoms with E-state index in [9.17, 15) is 4.79 Å². The molecule has 1 aromatic heterocycles. The summed E-state index contributed by atoms with van der Waals surface area (Å²) in [7, 11) is 1.75. The number of alkyl halides is 1. The largest absolute Gasteiger partial charge is 0.351 e. The summed E-state index contributed by atoms with van der Waals surface area (Å²) in [5.74, 6) is 0.461. The predicted molar refractivity (Wildman–Crippen MR) is 55.6 cm³/mol. The van der Waals surface area contributed by atoms with E-state index >= 15 is 0 Å². The maximum Gasteiger partial charge on any atom is 0.269 e. The highest BCUT2D eigenvalue weighted by molar-refractivity contribution is 6.17. The van der Waals surface area contributed by atoms with Crippen molar-refractivity contribution < 1.29 is 4.79 Å². The molecule has 1 heterocycles. The maximum absolute atomic E-state index is 11.5. The highest BCUT2D eigenvalue weighted by atomic mass is 35.5. The molecule has 0 atom stereocenters. The summed E-state index contributed by atoms with van der Waals surface area (Å²) < 4.78 is 1.57. The van der Waals surface area contributed by atoms with Crippen LogP contribution in [-0.2, 0) is 7.05 Å². The van der Waals surface area contributed by atoms with E-state index in [2.05, 4.69) is 10.4 Å². The summed E-state index contributed by atoms with van der Waals surface area (Å²) in [6.07, 6.45) is 0.782. The van der Waals surface area contributed by atoms with Crippen LogP contribution in [0.1, 0.15) is 22.6 Å². The number of aromatic nitrogens is 2. The average Bonchev–Trinajstić information content (AvgIpc) is 2.45. The van der Waals surface area contributed by atoms with Gasteiger partial charge in [-0.2, -0.15) is 5.10 Å². The first-order valence-electron chi connectivity index (χ1n) is 4.50. The molecular weight excluding hydrogens is 202 g/mol. The smallest absolute Gasteiger partial charge is 0.269 e. The van der Waals surface area contributed by atoms with Gasteiger partial charge < -0.3 is 5.32 Å². The first-order chi connectivity index (χ1) is 6.65. The number of nitrogens with zero attached hydrogens (tertiary/aromatic N) is 2. The van der Waals surface area contributed by atoms with E-state index in [4.69, 9.17) is 11.6 Å². The molecule has 0 fully saturated rings. The van der Waals surface area contributed by atoms with E-state index in [-0.39, 0.29) is 5.91 Å². The number of carbonyl (C=O) groups excluding carboxylic acids is 1. The summed E-state index contributed by atoms with van der Waals surface area (Å²) >= 11 is 5.50. The lowest BCUT2D eigenvalue weighted by atomic mass is 10.3. The van der Waals surface area contributed by atoms with Crippen molar-refractivity contribution in [1.82, 2.24) is 15.1 Å². The fourth-order valence-corrected chi connectivity index (χ4v) is 1.32. The number of amides is 1. The molecule has 1 rings (SSSR count). The zero-order valence-electron chi connectivity index (χ0n) is 8.38. The van der Waals surface area contributed by atoms with Gasteiger partial charge in [-0.1, -0.05) is 0 Å². The minimum atomic E-state index is -0.0989. The Morgan fingerprint density at radius 3 is 2.93 bits per heavy atom. The monoisotopic (exact) mass is 215 g/mol. The summed E-state index contributed by atoms with van der Waals surface area (Å²) in [5.41, 5.74) is 1.42. The van der Waals surface area contributed by atoms with Gasteiger partial charge in [-0.25, -0.2) is 0 Å². The van der Waals surface area contributed by atoms with Crippen molar-refractivity contribution in [1.29, 1.82) is 0 Å². The first-order valence-corrected chi connectivity index (χ1v) is 5.03. The van der Waals surface area contributed by atoms with Crippen LogP contribution in [0.2, 0.25) is 0 Å². The predicted octanol–water partition coefficient (Wildman–Crippen LogP) is 1.09. The van der Waals surface area contributed by atoms with E-state index in [0.717, 1.165) is 12.1 Å². The SMILES string of the molecule is Cc1cc(C(=O)NCCCCl)n(C)n1. The van der Waals surface area contributed by atoms with Crippen molar-refractivity contribution in [2.45, 2.75) is 13.3 Å². The van der Waals surface area contributed by atoms with Crippen LogP contribution in [0.5, 0.6) is 0 Å². The standard InChI is InChI=1S/C9H14ClN3O/c1-7-6-8(13(2)12-7)9(14)11-5-3-4-10/h6H,3-5H2,1-2H3,(H,11,14). The normalized spacial score (nSPS) is 10.2. The minimum Gasteiger partial charge on any atom is -0.351 e. The Hall–Kier alpha value is -1.03. The van der Waals surface area contributed by atoms with Gasteiger partial charge in [-0.3, -0.25) is 9.48 Å². The molecule has 14 heavy (non-hydrogen) atoms. The summed E-state index contributed by atoms with van der Waals surface area (Å²) in [5, 5.41) is 6.86. The second kappa shape index (κ2) is 5.00. The number of halogens is 1. The molecule has 1 amide bonds. The minimum absolute atomic E-state index is 0.0989. The van der Waals surface area contributed by atoms with Crippen LogP contribution < -0.4 is 5.32 Å². The number of hydrogen-bond acceptors (Lipinski definition) is 2. The molecule has 0 aliphatic rings. The van der Waals surface area contributed by atoms with Crippen molar-refractivity contribution in [2.24, 2.45) is 7.05 Å². The highest BCUT2D eigenvalue weighted by Gasteiger charge is 2.10. The Morgan fingerprint density at radius 2 is 2.43 bits per heavy atom. The fraction of sp³-hybridized carbons (Fsp3) is 0.556. The van der Waals surface area contributed by atoms with Crippen molar-refractivity contribution in [3.63, 3.8) is 0 Å². The summed E-state index contributed by atoms with van der Waals surface area (Å²) in [6, 6.07) is 1.76. The molecular formula is C9H14ClN3O. The van der Waals surface area contributed by atoms with Gasteiger partial charge in [0.05, 0.1) is 5.69 Å². The fourth-order valence-electron chi connectivity index (χ4n) is 1.18. The van der Waals surface area contributed by atoms with Crippen LogP contribution in [0, 0.1) is 6.92 Å². The third kappa shape index (κ3) is 2.73. The number of nitrogens with one attached hydrogen (secondary N) is 1. The van der Waals surface area contributed by atoms with Crippen molar-refractivity contribution in [3.8, 4) is 0 Å². The van der Waals surface area contributed by atoms with Gasteiger partial charge in [0, 0.05) is 19.5 Å². The molecule has 78 valence electrons. The van der Waals surface area contributed by atoms with Crippen LogP contribution in [0.15, 0.2) is 6.07 Å². The lowest BCUT2D eigenvalue weighted by Crippen LogP contribution is -2.26. The Bertz CT molecular complexity index is 322. The van der Waals surface area contributed by atoms with Crippen LogP contribution >= 0.6 is 11.6 Å². The zero-order valence-corrected chi connectivity index (χ0v) is 9.14. The topological polar surface area (TPSA) is 46.9 Å². The zero-order chi connectivity index (χ0) is 10.6. The first kappa shape index (κ1) is 11.0. The molecule has 4 nitrogen and oxygen atoms in total. The van der Waals surface area contributed by atoms with Crippen molar-refractivity contribution in [2.75, 3.05) is 12.4 Å². The van der Waals surface area contributed by atoms with Gasteiger partial charge >= 0.3 is 0 Å². The van der Waals surface area contributed by atoms with Crippen molar-refractivity contribution >= 4 is 17.5 Å². The second-order valence-corrected chi connectivity index (χ2v) is 3.47. The molecule has 0 saturated carbocycles. The highest BCUT2D eigenvalue weighted by Crippen LogP contribution is 2.01. The molecule has 0 aliphatic heterocycles. The number of aryl methyl sites for hydroxylation is 2. The molecule has 5 heteroatoms. The Kier molecular flexibility index (Phi) is 3.95. The molecule has 0 saturated heterocycles. The third-order valence-corrected chi connectivity index (χ3v) is 2.10. The van der Waals surface area contributed by atoms with Gasteiger partial charge in [0.15, 0.2) is 0 Å². The molecule has 0 spiro atoms. The van der Waals surface area contributed by atoms with E-state index in [1.54, 1.807) is 17.8 Å². The Labute approximate surface area is 88.2 Å². The van der Waals surface area contributed by atoms with Crippen molar-refractivity contribution in [3.05, 3.63) is 17.5 Å². The molecule has 0 unspecified atom stereocenters. The Balaban J connectivity index is 2.56. The third-order valence-electron chi connectivity index (χ3n) is 1.83. The van der Waals surface area contributed by atoms with E-state index in [1.165, 1.54) is 0 Å². The molecule has 0 radical (unpaired) electrons. The van der Waals surface area contributed by atoms with Gasteiger partial charge in [-0.05, 0) is 19.4 Å². The van der Waals surface area contributed by atoms with Crippen LogP contribution in [0.25, 0.3) is 0 Å². The Morgan fingerprint density at radius 1 is 1.71 bits per heavy atom. The summed E-state index contributed by atoms with van der Waals surface area (Å²) in [6.45, 7) is 2.46. The summed E-state index contributed by atoms with van der Waals surface area (Å²) in [4.78, 5) is 11.5. The number of hydrogen-bond donors (Lipinski definition) is 1. The van der Waals surface area contributed by atoms with Crippen LogP contribution in [0.3, 0.4) is 0 Å². The van der Waals surface area contributed by atoms with E-state index in [0.29, 0.717) is 18.1 Å². The molecule has 1 aromatic rings. The van der Waals surface area contributed by atoms with Crippen LogP contribution in [0.4, 0.5) is 0 Å². The number of carbonyl (C=O) groups is 1. The molecule has 0 aliphatic carbocycles. The van der Waals surface area contributed by atoms with Gasteiger partial charge in [0.25, 0.3) is 5.91 Å². The second-order valence-electron chi connectivity index (χ2n) is 3.09. The molecule has 0 aromatic carbocycles. The molecule has 1 N–H and O–H groups in total. The lowest BCUT2D eigenvalue weighted by molar-refractivity contribution is 0.0944. The maximum atomic E-state index is 11.5. The average molecular weight is 216 g/mol. The van der Waals surface area contributed by atoms with Crippen LogP contribution in [-0.4, -0.2) is 28.1 Å². The van der Waals surface area contributed by atoms with E-state index in [1.807, 2.05) is 6.92 Å². The van der Waals surface area contributed by atoms with Gasteiger partial charge in [0.1, 0.15) is 5.69 Å². The van der Waals surface area contributed by atoms with Gasteiger partial charge in [-0.15, -0.1) is 11.6 Å². The van der Waals surface area contributed by atoms with Gasteiger partial charge in [0.2, 0.25) is 0 Å². The number of rotatable bonds is 4.